The van der Waals surface area contributed by atoms with Crippen molar-refractivity contribution in [2.24, 2.45) is 0 Å². The summed E-state index contributed by atoms with van der Waals surface area (Å²) in [6.07, 6.45) is -9.78. The fraction of sp³-hybridized carbons (Fsp3) is 0.524. The number of aliphatic hydroxyl groups is 2. The zero-order valence-electron chi connectivity index (χ0n) is 24.2. The number of fused-ring (bicyclic) bond motifs is 2. The van der Waals surface area contributed by atoms with Gasteiger partial charge in [-0.2, -0.15) is 9.97 Å². The van der Waals surface area contributed by atoms with Crippen molar-refractivity contribution in [2.75, 3.05) is 31.8 Å². The molecule has 0 radical (unpaired) electrons. The number of imidazole rings is 2. The maximum absolute atomic E-state index is 13.2. The molecule has 2 aliphatic rings. The van der Waals surface area contributed by atoms with E-state index >= 15 is 0 Å². The second kappa shape index (κ2) is 12.6. The fourth-order valence-electron chi connectivity index (χ4n) is 5.32. The van der Waals surface area contributed by atoms with Crippen molar-refractivity contribution in [2.45, 2.75) is 49.1 Å². The predicted octanol–water partition coefficient (Wildman–Crippen LogP) is -3.44. The molecule has 11 N–H and O–H groups in total. The van der Waals surface area contributed by atoms with E-state index in [1.54, 1.807) is 0 Å². The average molecular weight is 722 g/mol. The van der Waals surface area contributed by atoms with Crippen LogP contribution in [0.25, 0.3) is 22.3 Å². The van der Waals surface area contributed by atoms with E-state index in [9.17, 15) is 43.6 Å². The molecule has 48 heavy (non-hydrogen) atoms. The summed E-state index contributed by atoms with van der Waals surface area (Å²) >= 11 is 0. The molecule has 2 fully saturated rings. The first-order chi connectivity index (χ1) is 22.6. The lowest BCUT2D eigenvalue weighted by Gasteiger charge is -2.26. The average Bonchev–Trinajstić information content (AvgIpc) is 3.75. The third kappa shape index (κ3) is 6.51. The monoisotopic (exact) mass is 722 g/mol. The van der Waals surface area contributed by atoms with Gasteiger partial charge in [-0.25, -0.2) is 19.1 Å². The number of phosphoric ester groups is 2. The maximum Gasteiger partial charge on any atom is 0.472 e. The molecule has 27 heteroatoms. The molecule has 0 saturated carbocycles. The van der Waals surface area contributed by atoms with Crippen LogP contribution in [0.15, 0.2) is 22.2 Å². The van der Waals surface area contributed by atoms with Crippen molar-refractivity contribution in [3.8, 4) is 0 Å². The Morgan fingerprint density at radius 1 is 0.833 bits per heavy atom. The third-order valence-corrected chi connectivity index (χ3v) is 8.88. The lowest BCUT2D eigenvalue weighted by atomic mass is 10.1. The molecule has 4 aromatic rings. The van der Waals surface area contributed by atoms with Crippen LogP contribution >= 0.6 is 15.6 Å². The quantitative estimate of drug-likeness (QED) is 0.0680. The molecule has 0 bridgehead atoms. The molecule has 9 atom stereocenters. The standard InChI is InChI=1S/C21H28N10O15P2/c1-41-13-12(7(3-42-47(36,37)38)45-19(13)31-5-25-9-15(31)27-21(23)29-17(9)35)46-48(39,40)43-2-6-10(32)11(33)18(44-6)30-4-24-8-14(30)26-20(22)28-16(8)34/h4-7,10-13,18-19,32-33H,2-3H2,1H3,(H,39,40)(H2,36,37,38)(H3,22,26,28,34)(H3,23,27,29,35)/t6-,7-,10-,11-,12-,13-,18-,19-/m1/s1. The molecule has 0 aromatic carbocycles. The molecule has 6 rings (SSSR count). The van der Waals surface area contributed by atoms with Crippen molar-refractivity contribution >= 4 is 49.9 Å². The highest BCUT2D eigenvalue weighted by molar-refractivity contribution is 7.47. The van der Waals surface area contributed by atoms with Crippen molar-refractivity contribution in [1.82, 2.24) is 39.0 Å². The van der Waals surface area contributed by atoms with Crippen LogP contribution in [0.3, 0.4) is 0 Å². The Hall–Kier alpha value is -3.68. The van der Waals surface area contributed by atoms with Crippen LogP contribution in [-0.4, -0.2) is 121 Å². The van der Waals surface area contributed by atoms with Gasteiger partial charge in [-0.15, -0.1) is 0 Å². The number of nitrogens with zero attached hydrogens (tertiary/aromatic N) is 6. The Balaban J connectivity index is 1.21. The lowest BCUT2D eigenvalue weighted by molar-refractivity contribution is -0.0582. The smallest absolute Gasteiger partial charge is 0.387 e. The highest BCUT2D eigenvalue weighted by Crippen LogP contribution is 2.50. The Bertz CT molecular complexity index is 2050. The number of nitrogens with one attached hydrogen (secondary N) is 2. The number of phosphoric acid groups is 2. The van der Waals surface area contributed by atoms with Gasteiger partial charge in [-0.3, -0.25) is 42.3 Å². The van der Waals surface area contributed by atoms with E-state index in [1.807, 2.05) is 0 Å². The number of hydrogen-bond acceptors (Lipinski definition) is 18. The molecule has 0 spiro atoms. The molecule has 262 valence electrons. The molecule has 4 aromatic heterocycles. The maximum atomic E-state index is 13.2. The summed E-state index contributed by atoms with van der Waals surface area (Å²) in [7, 11) is -9.10. The molecule has 0 aliphatic carbocycles. The van der Waals surface area contributed by atoms with Gasteiger partial charge < -0.3 is 50.6 Å². The van der Waals surface area contributed by atoms with Gasteiger partial charge in [0, 0.05) is 7.11 Å². The number of hydrogen-bond donors (Lipinski definition) is 9. The summed E-state index contributed by atoms with van der Waals surface area (Å²) in [4.78, 5) is 74.1. The number of ether oxygens (including phenoxy) is 3. The van der Waals surface area contributed by atoms with Gasteiger partial charge in [0.05, 0.1) is 25.9 Å². The van der Waals surface area contributed by atoms with Crippen LogP contribution in [0.2, 0.25) is 0 Å². The number of nitrogen functional groups attached to an aromatic ring is 2. The molecule has 2 saturated heterocycles. The number of aliphatic hydroxyl groups excluding tert-OH is 2. The molecular formula is C21H28N10O15P2. The van der Waals surface area contributed by atoms with Gasteiger partial charge in [-0.1, -0.05) is 0 Å². The van der Waals surface area contributed by atoms with E-state index in [2.05, 4.69) is 34.4 Å². The zero-order chi connectivity index (χ0) is 34.7. The normalized spacial score (nSPS) is 29.2. The van der Waals surface area contributed by atoms with Gasteiger partial charge in [0.2, 0.25) is 11.9 Å². The van der Waals surface area contributed by atoms with Gasteiger partial charge in [0.25, 0.3) is 11.1 Å². The van der Waals surface area contributed by atoms with Crippen LogP contribution in [0.5, 0.6) is 0 Å². The molecule has 2 aliphatic heterocycles. The minimum Gasteiger partial charge on any atom is -0.387 e. The number of rotatable bonds is 11. The minimum absolute atomic E-state index is 0.0802. The number of anilines is 2. The van der Waals surface area contributed by atoms with Crippen LogP contribution < -0.4 is 22.6 Å². The second-order valence-corrected chi connectivity index (χ2v) is 13.1. The van der Waals surface area contributed by atoms with Crippen LogP contribution in [0.4, 0.5) is 11.9 Å². The van der Waals surface area contributed by atoms with Crippen molar-refractivity contribution in [3.63, 3.8) is 0 Å². The number of H-pyrrole nitrogens is 2. The summed E-state index contributed by atoms with van der Waals surface area (Å²) in [6, 6.07) is 0. The van der Waals surface area contributed by atoms with E-state index < -0.39 is 89.1 Å². The first-order valence-corrected chi connectivity index (χ1v) is 16.6. The topological polar surface area (TPSA) is 370 Å². The van der Waals surface area contributed by atoms with Crippen LogP contribution in [-0.2, 0) is 36.9 Å². The Morgan fingerprint density at radius 3 is 1.90 bits per heavy atom. The van der Waals surface area contributed by atoms with Crippen LogP contribution in [0.1, 0.15) is 12.5 Å². The SMILES string of the molecule is CO[C@@H]1[C@H](OP(=O)(O)OC[C@H]2O[C@@H](n3cnc4c(=O)[nH]c(N)nc43)[C@H](O)[C@@H]2O)[C@@H](COP(=O)(O)O)O[C@H]1n1cnc2c(=O)[nH]c(N)nc21. The molecule has 6 heterocycles. The highest BCUT2D eigenvalue weighted by Gasteiger charge is 2.52. The lowest BCUT2D eigenvalue weighted by Crippen LogP contribution is -2.38. The summed E-state index contributed by atoms with van der Waals surface area (Å²) in [6.45, 7) is -1.73. The van der Waals surface area contributed by atoms with Gasteiger partial charge in [-0.05, 0) is 0 Å². The van der Waals surface area contributed by atoms with Gasteiger partial charge in [0.15, 0.2) is 34.8 Å². The van der Waals surface area contributed by atoms with Crippen LogP contribution in [0, 0.1) is 0 Å². The van der Waals surface area contributed by atoms with E-state index in [1.165, 1.54) is 11.7 Å². The number of nitrogens with two attached hydrogens (primary N) is 2. The number of aromatic amines is 2. The fourth-order valence-corrected chi connectivity index (χ4v) is 6.62. The van der Waals surface area contributed by atoms with Gasteiger partial charge in [0.1, 0.15) is 36.6 Å². The summed E-state index contributed by atoms with van der Waals surface area (Å²) < 4.78 is 59.0. The first-order valence-electron chi connectivity index (χ1n) is 13.6. The highest BCUT2D eigenvalue weighted by atomic mass is 31.2. The zero-order valence-corrected chi connectivity index (χ0v) is 26.0. The Morgan fingerprint density at radius 2 is 1.35 bits per heavy atom. The molecular weight excluding hydrogens is 694 g/mol. The van der Waals surface area contributed by atoms with Gasteiger partial charge >= 0.3 is 15.6 Å². The van der Waals surface area contributed by atoms with Crippen molar-refractivity contribution in [1.29, 1.82) is 0 Å². The van der Waals surface area contributed by atoms with E-state index in [-0.39, 0.29) is 34.2 Å². The second-order valence-electron chi connectivity index (χ2n) is 10.5. The van der Waals surface area contributed by atoms with Crippen molar-refractivity contribution < 1.29 is 61.8 Å². The predicted molar refractivity (Wildman–Crippen MR) is 154 cm³/mol. The summed E-state index contributed by atoms with van der Waals surface area (Å²) in [5.41, 5.74) is 9.44. The largest absolute Gasteiger partial charge is 0.472 e. The Kier molecular flexibility index (Phi) is 9.01. The molecule has 25 nitrogen and oxygen atoms in total. The number of methoxy groups -OCH3 is 1. The summed E-state index contributed by atoms with van der Waals surface area (Å²) in [5, 5.41) is 21.3. The third-order valence-electron chi connectivity index (χ3n) is 7.41. The minimum atomic E-state index is -5.18. The van der Waals surface area contributed by atoms with Crippen molar-refractivity contribution in [3.05, 3.63) is 33.4 Å². The van der Waals surface area contributed by atoms with E-state index in [0.717, 1.165) is 17.2 Å². The Labute approximate surface area is 265 Å². The molecule has 0 amide bonds. The first kappa shape index (κ1) is 34.2. The van der Waals surface area contributed by atoms with E-state index in [4.69, 9.17) is 34.7 Å². The summed E-state index contributed by atoms with van der Waals surface area (Å²) in [5.74, 6) is -0.532. The van der Waals surface area contributed by atoms with E-state index in [0.29, 0.717) is 0 Å². The number of aromatic nitrogens is 8. The molecule has 1 unspecified atom stereocenters.